The highest BCUT2D eigenvalue weighted by atomic mass is 16.6. The molecule has 0 aromatic heterocycles. The number of nitro groups is 1. The van der Waals surface area contributed by atoms with Crippen molar-refractivity contribution in [2.24, 2.45) is 17.8 Å². The fraction of sp³-hybridized carbons (Fsp3) is 0.308. The molecule has 0 spiro atoms. The molecule has 2 aromatic rings. The molecule has 1 aliphatic carbocycles. The number of amides is 3. The molecule has 2 saturated heterocycles. The van der Waals surface area contributed by atoms with E-state index in [1.807, 2.05) is 13.0 Å². The summed E-state index contributed by atoms with van der Waals surface area (Å²) in [7, 11) is 0. The Kier molecular flexibility index (Phi) is 5.87. The molecule has 10 nitrogen and oxygen atoms in total. The van der Waals surface area contributed by atoms with Crippen molar-refractivity contribution < 1.29 is 28.8 Å². The number of non-ortho nitro benzene ring substituents is 1. The van der Waals surface area contributed by atoms with E-state index < -0.39 is 16.8 Å². The van der Waals surface area contributed by atoms with Crippen molar-refractivity contribution in [3.05, 3.63) is 70.3 Å². The van der Waals surface area contributed by atoms with E-state index in [0.29, 0.717) is 24.2 Å². The average Bonchev–Trinajstić information content (AvgIpc) is 3.36. The predicted molar refractivity (Wildman–Crippen MR) is 128 cm³/mol. The van der Waals surface area contributed by atoms with Gasteiger partial charge in [0.05, 0.1) is 28.4 Å². The van der Waals surface area contributed by atoms with Gasteiger partial charge in [-0.3, -0.25) is 29.3 Å². The zero-order chi connectivity index (χ0) is 25.6. The summed E-state index contributed by atoms with van der Waals surface area (Å²) in [5.74, 6) is -2.71. The smallest absolute Gasteiger partial charge is 0.316 e. The fourth-order valence-corrected chi connectivity index (χ4v) is 5.05. The van der Waals surface area contributed by atoms with Gasteiger partial charge in [-0.2, -0.15) is 0 Å². The maximum Gasteiger partial charge on any atom is 0.316 e. The van der Waals surface area contributed by atoms with Crippen LogP contribution in [0.4, 0.5) is 17.1 Å². The van der Waals surface area contributed by atoms with Crippen molar-refractivity contribution in [3.8, 4) is 5.75 Å². The van der Waals surface area contributed by atoms with Crippen LogP contribution in [0.5, 0.6) is 5.75 Å². The lowest BCUT2D eigenvalue weighted by Gasteiger charge is -2.18. The number of carbonyl (C=O) groups is 4. The van der Waals surface area contributed by atoms with Crippen molar-refractivity contribution in [3.63, 3.8) is 0 Å². The number of imide groups is 1. The summed E-state index contributed by atoms with van der Waals surface area (Å²) in [6.07, 6.45) is 3.03. The van der Waals surface area contributed by atoms with Crippen LogP contribution in [0.1, 0.15) is 26.2 Å². The van der Waals surface area contributed by atoms with Crippen LogP contribution in [-0.2, 0) is 19.2 Å². The molecule has 0 radical (unpaired) electrons. The first kappa shape index (κ1) is 23.4. The molecule has 2 heterocycles. The van der Waals surface area contributed by atoms with E-state index in [0.717, 1.165) is 5.57 Å². The fourth-order valence-electron chi connectivity index (χ4n) is 5.05. The summed E-state index contributed by atoms with van der Waals surface area (Å²) < 4.78 is 5.52. The minimum Gasteiger partial charge on any atom is -0.426 e. The average molecular weight is 489 g/mol. The second kappa shape index (κ2) is 9.03. The number of allylic oxidation sites excluding steroid dienone is 2. The van der Waals surface area contributed by atoms with E-state index in [4.69, 9.17) is 4.74 Å². The van der Waals surface area contributed by atoms with Crippen LogP contribution in [0.15, 0.2) is 60.2 Å². The van der Waals surface area contributed by atoms with Gasteiger partial charge in [0, 0.05) is 36.9 Å². The van der Waals surface area contributed by atoms with Gasteiger partial charge in [-0.15, -0.1) is 0 Å². The molecule has 10 heteroatoms. The van der Waals surface area contributed by atoms with Crippen LogP contribution >= 0.6 is 0 Å². The van der Waals surface area contributed by atoms with Gasteiger partial charge in [0.1, 0.15) is 5.75 Å². The number of benzene rings is 2. The normalized spacial score (nSPS) is 23.5. The topological polar surface area (TPSA) is 127 Å². The van der Waals surface area contributed by atoms with Gasteiger partial charge >= 0.3 is 5.97 Å². The number of nitro benzene ring substituents is 1. The van der Waals surface area contributed by atoms with Gasteiger partial charge in [-0.25, -0.2) is 4.90 Å². The zero-order valence-electron chi connectivity index (χ0n) is 19.5. The summed E-state index contributed by atoms with van der Waals surface area (Å²) in [4.78, 5) is 64.2. The SMILES string of the molecule is CC1=CC[C@@H]2C(=O)N(c3cccc(OC(=O)[C@@H]4CC(=O)N(c5ccc([N+](=O)[O-])cc5)C4)c3)C(=O)[C@@H]2C1. The van der Waals surface area contributed by atoms with Crippen LogP contribution in [0.3, 0.4) is 0 Å². The van der Waals surface area contributed by atoms with Crippen molar-refractivity contribution in [1.29, 1.82) is 0 Å². The molecular weight excluding hydrogens is 466 g/mol. The van der Waals surface area contributed by atoms with E-state index in [9.17, 15) is 29.3 Å². The quantitative estimate of drug-likeness (QED) is 0.157. The van der Waals surface area contributed by atoms with Gasteiger partial charge in [0.25, 0.3) is 5.69 Å². The van der Waals surface area contributed by atoms with Crippen LogP contribution in [-0.4, -0.2) is 35.2 Å². The van der Waals surface area contributed by atoms with Crippen molar-refractivity contribution in [2.45, 2.75) is 26.2 Å². The second-order valence-electron chi connectivity index (χ2n) is 9.31. The molecule has 184 valence electrons. The Hall–Kier alpha value is -4.34. The molecule has 0 bridgehead atoms. The van der Waals surface area contributed by atoms with Gasteiger partial charge in [0.15, 0.2) is 0 Å². The number of hydrogen-bond acceptors (Lipinski definition) is 7. The molecule has 36 heavy (non-hydrogen) atoms. The van der Waals surface area contributed by atoms with E-state index >= 15 is 0 Å². The molecule has 2 fully saturated rings. The number of ether oxygens (including phenoxy) is 1. The molecule has 2 aromatic carbocycles. The lowest BCUT2D eigenvalue weighted by molar-refractivity contribution is -0.384. The molecular formula is C26H23N3O7. The van der Waals surface area contributed by atoms with Gasteiger partial charge in [-0.1, -0.05) is 17.7 Å². The largest absolute Gasteiger partial charge is 0.426 e. The number of rotatable bonds is 5. The Bertz CT molecular complexity index is 1320. The minimum atomic E-state index is -0.733. The molecule has 3 amide bonds. The Morgan fingerprint density at radius 2 is 1.72 bits per heavy atom. The van der Waals surface area contributed by atoms with Crippen LogP contribution in [0.2, 0.25) is 0 Å². The third kappa shape index (κ3) is 4.15. The summed E-state index contributed by atoms with van der Waals surface area (Å²) in [5, 5.41) is 10.9. The third-order valence-electron chi connectivity index (χ3n) is 6.95. The van der Waals surface area contributed by atoms with Crippen LogP contribution in [0.25, 0.3) is 0 Å². The van der Waals surface area contributed by atoms with Crippen LogP contribution in [0, 0.1) is 27.9 Å². The first-order valence-electron chi connectivity index (χ1n) is 11.6. The molecule has 3 atom stereocenters. The highest BCUT2D eigenvalue weighted by Gasteiger charge is 2.48. The van der Waals surface area contributed by atoms with E-state index in [-0.39, 0.29) is 54.0 Å². The maximum absolute atomic E-state index is 13.0. The number of nitrogens with zero attached hydrogens (tertiary/aromatic N) is 3. The summed E-state index contributed by atoms with van der Waals surface area (Å²) >= 11 is 0. The minimum absolute atomic E-state index is 0.0612. The summed E-state index contributed by atoms with van der Waals surface area (Å²) in [6.45, 7) is 2.03. The Balaban J connectivity index is 1.27. The maximum atomic E-state index is 13.0. The molecule has 3 aliphatic rings. The summed E-state index contributed by atoms with van der Waals surface area (Å²) in [5.41, 5.74) is 1.80. The van der Waals surface area contributed by atoms with E-state index in [2.05, 4.69) is 0 Å². The zero-order valence-corrected chi connectivity index (χ0v) is 19.5. The molecule has 0 unspecified atom stereocenters. The van der Waals surface area contributed by atoms with E-state index in [1.165, 1.54) is 40.1 Å². The highest BCUT2D eigenvalue weighted by molar-refractivity contribution is 6.22. The van der Waals surface area contributed by atoms with Crippen molar-refractivity contribution >= 4 is 40.8 Å². The third-order valence-corrected chi connectivity index (χ3v) is 6.95. The van der Waals surface area contributed by atoms with Gasteiger partial charge in [-0.05, 0) is 44.0 Å². The first-order chi connectivity index (χ1) is 17.2. The number of carbonyl (C=O) groups excluding carboxylic acids is 4. The molecule has 0 saturated carbocycles. The number of hydrogen-bond donors (Lipinski definition) is 0. The standard InChI is InChI=1S/C26H23N3O7/c1-15-5-10-21-22(11-15)25(32)28(24(21)31)19-3-2-4-20(13-19)36-26(33)16-12-23(30)27(14-16)17-6-8-18(9-7-17)29(34)35/h2-9,13,16,21-22H,10-12,14H2,1H3/t16-,21+,22-/m1/s1. The Labute approximate surface area is 206 Å². The Morgan fingerprint density at radius 3 is 2.44 bits per heavy atom. The van der Waals surface area contributed by atoms with Crippen LogP contribution < -0.4 is 14.5 Å². The van der Waals surface area contributed by atoms with E-state index in [1.54, 1.807) is 18.2 Å². The first-order valence-corrected chi connectivity index (χ1v) is 11.6. The Morgan fingerprint density at radius 1 is 1.00 bits per heavy atom. The van der Waals surface area contributed by atoms with Crippen molar-refractivity contribution in [2.75, 3.05) is 16.3 Å². The number of anilines is 2. The second-order valence-corrected chi connectivity index (χ2v) is 9.31. The highest BCUT2D eigenvalue weighted by Crippen LogP contribution is 2.40. The summed E-state index contributed by atoms with van der Waals surface area (Å²) in [6, 6.07) is 11.8. The monoisotopic (exact) mass is 489 g/mol. The lowest BCUT2D eigenvalue weighted by atomic mass is 9.82. The lowest BCUT2D eigenvalue weighted by Crippen LogP contribution is -2.31. The number of esters is 1. The molecule has 0 N–H and O–H groups in total. The number of fused-ring (bicyclic) bond motifs is 1. The van der Waals surface area contributed by atoms with Gasteiger partial charge < -0.3 is 9.64 Å². The predicted octanol–water partition coefficient (Wildman–Crippen LogP) is 3.40. The molecule has 5 rings (SSSR count). The molecule has 2 aliphatic heterocycles. The van der Waals surface area contributed by atoms with Gasteiger partial charge in [0.2, 0.25) is 17.7 Å². The van der Waals surface area contributed by atoms with Crippen molar-refractivity contribution in [1.82, 2.24) is 0 Å².